The summed E-state index contributed by atoms with van der Waals surface area (Å²) in [5.41, 5.74) is 6.65. The van der Waals surface area contributed by atoms with Crippen molar-refractivity contribution in [1.29, 1.82) is 0 Å². The van der Waals surface area contributed by atoms with E-state index in [4.69, 9.17) is 15.2 Å². The molecule has 2 rings (SSSR count). The molecular weight excluding hydrogens is 270 g/mol. The van der Waals surface area contributed by atoms with Gasteiger partial charge in [-0.1, -0.05) is 6.07 Å². The molecule has 0 bridgehead atoms. The normalized spacial score (nSPS) is 10.4. The maximum absolute atomic E-state index is 11.8. The van der Waals surface area contributed by atoms with Crippen LogP contribution >= 0.6 is 0 Å². The number of nitrogens with one attached hydrogen (secondary N) is 1. The summed E-state index contributed by atoms with van der Waals surface area (Å²) in [4.78, 5) is 18.9. The van der Waals surface area contributed by atoms with Crippen molar-refractivity contribution < 1.29 is 9.47 Å². The Morgan fingerprint density at radius 2 is 2.19 bits per heavy atom. The van der Waals surface area contributed by atoms with Gasteiger partial charge in [0.1, 0.15) is 5.82 Å². The molecule has 0 radical (unpaired) electrons. The summed E-state index contributed by atoms with van der Waals surface area (Å²) >= 11 is 0. The summed E-state index contributed by atoms with van der Waals surface area (Å²) in [6.45, 7) is 2.81. The highest BCUT2D eigenvalue weighted by Crippen LogP contribution is 2.36. The van der Waals surface area contributed by atoms with Gasteiger partial charge >= 0.3 is 0 Å². The average Bonchev–Trinajstić information content (AvgIpc) is 2.47. The van der Waals surface area contributed by atoms with E-state index in [1.54, 1.807) is 13.2 Å². The van der Waals surface area contributed by atoms with E-state index in [1.165, 1.54) is 6.07 Å². The zero-order valence-electron chi connectivity index (χ0n) is 12.2. The lowest BCUT2D eigenvalue weighted by Crippen LogP contribution is -2.13. The summed E-state index contributed by atoms with van der Waals surface area (Å²) in [5, 5.41) is 0. The molecule has 0 aliphatic heterocycles. The molecule has 0 aliphatic carbocycles. The highest BCUT2D eigenvalue weighted by atomic mass is 16.5. The molecule has 3 N–H and O–H groups in total. The Labute approximate surface area is 122 Å². The number of H-pyrrole nitrogens is 1. The molecular formula is C15H19N3O3. The minimum Gasteiger partial charge on any atom is -0.493 e. The molecule has 0 saturated carbocycles. The summed E-state index contributed by atoms with van der Waals surface area (Å²) < 4.78 is 10.9. The zero-order chi connectivity index (χ0) is 15.2. The van der Waals surface area contributed by atoms with Crippen molar-refractivity contribution in [3.63, 3.8) is 0 Å². The fourth-order valence-corrected chi connectivity index (χ4v) is 2.07. The number of nitrogens with two attached hydrogens (primary N) is 1. The second kappa shape index (κ2) is 6.90. The van der Waals surface area contributed by atoms with Gasteiger partial charge in [0.2, 0.25) is 0 Å². The van der Waals surface area contributed by atoms with Crippen molar-refractivity contribution in [1.82, 2.24) is 9.97 Å². The Morgan fingerprint density at radius 3 is 2.86 bits per heavy atom. The number of rotatable bonds is 6. The van der Waals surface area contributed by atoms with Gasteiger partial charge in [0.15, 0.2) is 11.5 Å². The van der Waals surface area contributed by atoms with E-state index in [2.05, 4.69) is 9.97 Å². The van der Waals surface area contributed by atoms with Crippen LogP contribution in [0, 0.1) is 0 Å². The summed E-state index contributed by atoms with van der Waals surface area (Å²) in [6.07, 6.45) is 0.546. The number of nitrogens with zero attached hydrogens (tertiary/aromatic N) is 1. The Hall–Kier alpha value is -2.34. The smallest absolute Gasteiger partial charge is 0.251 e. The molecule has 0 unspecified atom stereocenters. The van der Waals surface area contributed by atoms with Crippen molar-refractivity contribution in [2.45, 2.75) is 13.3 Å². The third-order valence-corrected chi connectivity index (χ3v) is 2.94. The first-order chi connectivity index (χ1) is 10.2. The van der Waals surface area contributed by atoms with Gasteiger partial charge < -0.3 is 20.2 Å². The van der Waals surface area contributed by atoms with Gasteiger partial charge in [-0.3, -0.25) is 4.79 Å². The van der Waals surface area contributed by atoms with E-state index >= 15 is 0 Å². The van der Waals surface area contributed by atoms with Crippen LogP contribution in [-0.4, -0.2) is 30.2 Å². The Balaban J connectivity index is 2.57. The topological polar surface area (TPSA) is 90.2 Å². The minimum atomic E-state index is -0.214. The van der Waals surface area contributed by atoms with Gasteiger partial charge in [-0.2, -0.15) is 0 Å². The van der Waals surface area contributed by atoms with Gasteiger partial charge in [0, 0.05) is 18.2 Å². The van der Waals surface area contributed by atoms with Crippen molar-refractivity contribution in [2.24, 2.45) is 5.73 Å². The van der Waals surface area contributed by atoms with Gasteiger partial charge in [-0.05, 0) is 25.6 Å². The number of benzene rings is 1. The second-order valence-electron chi connectivity index (χ2n) is 4.39. The molecule has 1 aromatic heterocycles. The first-order valence-electron chi connectivity index (χ1n) is 6.80. The van der Waals surface area contributed by atoms with Crippen molar-refractivity contribution in [3.05, 3.63) is 40.3 Å². The standard InChI is InChI=1S/C15H19N3O3/c1-3-21-14-11(5-4-6-12(14)20-2)15-17-10(7-8-16)9-13(19)18-15/h4-6,9H,3,7-8,16H2,1-2H3,(H,17,18,19). The molecule has 0 amide bonds. The van der Waals surface area contributed by atoms with E-state index in [1.807, 2.05) is 19.1 Å². The van der Waals surface area contributed by atoms with E-state index in [0.29, 0.717) is 48.2 Å². The maximum atomic E-state index is 11.8. The van der Waals surface area contributed by atoms with E-state index in [0.717, 1.165) is 0 Å². The fourth-order valence-electron chi connectivity index (χ4n) is 2.07. The van der Waals surface area contributed by atoms with Crippen molar-refractivity contribution >= 4 is 0 Å². The predicted molar refractivity (Wildman–Crippen MR) is 80.8 cm³/mol. The molecule has 2 aromatic rings. The number of hydrogen-bond acceptors (Lipinski definition) is 5. The maximum Gasteiger partial charge on any atom is 0.251 e. The third-order valence-electron chi connectivity index (χ3n) is 2.94. The Bertz CT molecular complexity index is 667. The SMILES string of the molecule is CCOc1c(OC)cccc1-c1nc(CCN)cc(=O)[nH]1. The molecule has 6 heteroatoms. The van der Waals surface area contributed by atoms with Crippen molar-refractivity contribution in [3.8, 4) is 22.9 Å². The molecule has 112 valence electrons. The van der Waals surface area contributed by atoms with Gasteiger partial charge in [-0.25, -0.2) is 4.98 Å². The van der Waals surface area contributed by atoms with E-state index in [9.17, 15) is 4.79 Å². The largest absolute Gasteiger partial charge is 0.493 e. The van der Waals surface area contributed by atoms with Crippen LogP contribution in [0.1, 0.15) is 12.6 Å². The van der Waals surface area contributed by atoms with Gasteiger partial charge in [-0.15, -0.1) is 0 Å². The molecule has 0 atom stereocenters. The summed E-state index contributed by atoms with van der Waals surface area (Å²) in [6, 6.07) is 6.91. The molecule has 0 aliphatic rings. The van der Waals surface area contributed by atoms with Gasteiger partial charge in [0.25, 0.3) is 5.56 Å². The predicted octanol–water partition coefficient (Wildman–Crippen LogP) is 1.35. The van der Waals surface area contributed by atoms with E-state index in [-0.39, 0.29) is 5.56 Å². The van der Waals surface area contributed by atoms with Crippen LogP contribution in [-0.2, 0) is 6.42 Å². The lowest BCUT2D eigenvalue weighted by molar-refractivity contribution is 0.312. The van der Waals surface area contributed by atoms with Crippen LogP contribution in [0.4, 0.5) is 0 Å². The van der Waals surface area contributed by atoms with Crippen LogP contribution in [0.2, 0.25) is 0 Å². The molecule has 6 nitrogen and oxygen atoms in total. The Morgan fingerprint density at radius 1 is 1.38 bits per heavy atom. The Kier molecular flexibility index (Phi) is 4.94. The number of methoxy groups -OCH3 is 1. The number of para-hydroxylation sites is 1. The third kappa shape index (κ3) is 3.41. The highest BCUT2D eigenvalue weighted by Gasteiger charge is 2.14. The minimum absolute atomic E-state index is 0.214. The molecule has 0 saturated heterocycles. The first-order valence-corrected chi connectivity index (χ1v) is 6.80. The van der Waals surface area contributed by atoms with Gasteiger partial charge in [0.05, 0.1) is 19.3 Å². The molecule has 0 fully saturated rings. The number of aromatic nitrogens is 2. The first kappa shape index (κ1) is 15.1. The number of ether oxygens (including phenoxy) is 2. The molecule has 0 spiro atoms. The van der Waals surface area contributed by atoms with Crippen LogP contribution in [0.3, 0.4) is 0 Å². The second-order valence-corrected chi connectivity index (χ2v) is 4.39. The quantitative estimate of drug-likeness (QED) is 0.837. The lowest BCUT2D eigenvalue weighted by atomic mass is 10.1. The monoisotopic (exact) mass is 289 g/mol. The summed E-state index contributed by atoms with van der Waals surface area (Å²) in [7, 11) is 1.57. The van der Waals surface area contributed by atoms with Crippen LogP contribution in [0.5, 0.6) is 11.5 Å². The lowest BCUT2D eigenvalue weighted by Gasteiger charge is -2.13. The highest BCUT2D eigenvalue weighted by molar-refractivity contribution is 5.68. The van der Waals surface area contributed by atoms with E-state index < -0.39 is 0 Å². The molecule has 1 aromatic carbocycles. The van der Waals surface area contributed by atoms with Crippen LogP contribution in [0.25, 0.3) is 11.4 Å². The summed E-state index contributed by atoms with van der Waals surface area (Å²) in [5.74, 6) is 1.62. The fraction of sp³-hybridized carbons (Fsp3) is 0.333. The van der Waals surface area contributed by atoms with Crippen LogP contribution in [0.15, 0.2) is 29.1 Å². The zero-order valence-corrected chi connectivity index (χ0v) is 12.2. The number of aromatic amines is 1. The van der Waals surface area contributed by atoms with Crippen LogP contribution < -0.4 is 20.8 Å². The number of hydrogen-bond donors (Lipinski definition) is 2. The molecule has 1 heterocycles. The average molecular weight is 289 g/mol. The molecule has 21 heavy (non-hydrogen) atoms. The van der Waals surface area contributed by atoms with Crippen molar-refractivity contribution in [2.75, 3.05) is 20.3 Å².